The van der Waals surface area contributed by atoms with Crippen molar-refractivity contribution < 1.29 is 18.5 Å². The minimum atomic E-state index is -0.462. The molecule has 0 fully saturated rings. The fourth-order valence-electron chi connectivity index (χ4n) is 0.766. The van der Waals surface area contributed by atoms with Crippen molar-refractivity contribution in [1.29, 1.82) is 0 Å². The third kappa shape index (κ3) is 12.3. The Bertz CT molecular complexity index is 198. The molecule has 0 atom stereocenters. The lowest BCUT2D eigenvalue weighted by molar-refractivity contribution is 0.0492. The van der Waals surface area contributed by atoms with Gasteiger partial charge in [-0.25, -0.2) is 4.79 Å². The van der Waals surface area contributed by atoms with Crippen molar-refractivity contribution in [3.05, 3.63) is 0 Å². The highest BCUT2D eigenvalue weighted by Gasteiger charge is 2.15. The number of carbonyl (C=O) groups excluding carboxylic acids is 1. The van der Waals surface area contributed by atoms with E-state index in [2.05, 4.69) is 5.32 Å². The Labute approximate surface area is 113 Å². The van der Waals surface area contributed by atoms with Crippen LogP contribution in [-0.2, 0) is 13.7 Å². The molecule has 16 heavy (non-hydrogen) atoms. The van der Waals surface area contributed by atoms with Crippen molar-refractivity contribution in [3.8, 4) is 0 Å². The highest BCUT2D eigenvalue weighted by molar-refractivity contribution is 14.2. The predicted octanol–water partition coefficient (Wildman–Crippen LogP) is 2.54. The molecule has 0 aromatic rings. The number of carbonyl (C=O) groups is 1. The van der Waals surface area contributed by atoms with E-state index < -0.39 is 11.7 Å². The fraction of sp³-hybridized carbons (Fsp3) is 0.889. The van der Waals surface area contributed by atoms with E-state index >= 15 is 0 Å². The number of nitrogens with one attached hydrogen (secondary N) is 1. The van der Waals surface area contributed by atoms with E-state index in [4.69, 9.17) is 13.7 Å². The van der Waals surface area contributed by atoms with Gasteiger partial charge in [0, 0.05) is 27.8 Å². The minimum Gasteiger partial charge on any atom is -0.444 e. The standard InChI is InChI=1S/C9H18INO4S/c1-9(2,3)15-8(12)11-4-5-13-6-7-14-16-10/h4-7H2,1-3H3,(H,11,12). The van der Waals surface area contributed by atoms with Gasteiger partial charge >= 0.3 is 6.09 Å². The number of alkyl carbamates (subject to hydrolysis) is 1. The molecule has 0 aromatic carbocycles. The lowest BCUT2D eigenvalue weighted by atomic mass is 10.2. The average Bonchev–Trinajstić information content (AvgIpc) is 2.13. The van der Waals surface area contributed by atoms with Crippen LogP contribution < -0.4 is 5.32 Å². The first kappa shape index (κ1) is 16.3. The maximum absolute atomic E-state index is 11.2. The van der Waals surface area contributed by atoms with E-state index in [0.29, 0.717) is 26.4 Å². The molecule has 1 amide bonds. The zero-order valence-corrected chi connectivity index (χ0v) is 12.7. The maximum atomic E-state index is 11.2. The summed E-state index contributed by atoms with van der Waals surface area (Å²) in [4.78, 5) is 11.2. The van der Waals surface area contributed by atoms with Crippen LogP contribution in [0, 0.1) is 0 Å². The van der Waals surface area contributed by atoms with E-state index in [1.54, 1.807) is 0 Å². The van der Waals surface area contributed by atoms with Crippen LogP contribution in [0.1, 0.15) is 20.8 Å². The molecule has 0 aliphatic rings. The molecule has 0 unspecified atom stereocenters. The Morgan fingerprint density at radius 1 is 1.31 bits per heavy atom. The van der Waals surface area contributed by atoms with Crippen LogP contribution in [0.2, 0.25) is 0 Å². The van der Waals surface area contributed by atoms with E-state index in [1.807, 2.05) is 42.0 Å². The van der Waals surface area contributed by atoms with Crippen LogP contribution in [0.15, 0.2) is 0 Å². The van der Waals surface area contributed by atoms with Crippen LogP contribution in [0.25, 0.3) is 0 Å². The number of hydrogen-bond donors (Lipinski definition) is 1. The Balaban J connectivity index is 3.28. The average molecular weight is 363 g/mol. The summed E-state index contributed by atoms with van der Waals surface area (Å²) in [7, 11) is 1.28. The number of rotatable bonds is 7. The van der Waals surface area contributed by atoms with Crippen molar-refractivity contribution in [2.45, 2.75) is 26.4 Å². The molecule has 1 N–H and O–H groups in total. The molecule has 96 valence electrons. The van der Waals surface area contributed by atoms with Crippen molar-refractivity contribution in [3.63, 3.8) is 0 Å². The first-order valence-corrected chi connectivity index (χ1v) is 8.19. The van der Waals surface area contributed by atoms with Gasteiger partial charge in [0.2, 0.25) is 0 Å². The zero-order valence-electron chi connectivity index (χ0n) is 9.75. The van der Waals surface area contributed by atoms with Crippen LogP contribution in [0.4, 0.5) is 4.79 Å². The van der Waals surface area contributed by atoms with Gasteiger partial charge in [-0.2, -0.15) is 0 Å². The molecule has 0 radical (unpaired) electrons. The SMILES string of the molecule is CC(C)(C)OC(=O)NCCOCCOSI. The molecule has 0 rings (SSSR count). The summed E-state index contributed by atoms with van der Waals surface area (Å²) in [6.45, 7) is 7.42. The molecule has 0 saturated carbocycles. The van der Waals surface area contributed by atoms with Gasteiger partial charge in [0.25, 0.3) is 0 Å². The predicted molar refractivity (Wildman–Crippen MR) is 72.6 cm³/mol. The summed E-state index contributed by atoms with van der Waals surface area (Å²) in [5, 5.41) is 2.60. The number of hydrogen-bond acceptors (Lipinski definition) is 5. The molecule has 0 bridgehead atoms. The summed E-state index contributed by atoms with van der Waals surface area (Å²) in [6, 6.07) is 0. The summed E-state index contributed by atoms with van der Waals surface area (Å²) in [5.74, 6) is 0. The van der Waals surface area contributed by atoms with Gasteiger partial charge < -0.3 is 19.0 Å². The Morgan fingerprint density at radius 2 is 2.00 bits per heavy atom. The topological polar surface area (TPSA) is 56.8 Å². The summed E-state index contributed by atoms with van der Waals surface area (Å²) >= 11 is 2.04. The molecular formula is C9H18INO4S. The Kier molecular flexibility index (Phi) is 9.47. The lowest BCUT2D eigenvalue weighted by Gasteiger charge is -2.19. The molecule has 0 spiro atoms. The van der Waals surface area contributed by atoms with Crippen molar-refractivity contribution >= 4 is 36.5 Å². The minimum absolute atomic E-state index is 0.421. The van der Waals surface area contributed by atoms with Gasteiger partial charge in [-0.05, 0) is 20.8 Å². The van der Waals surface area contributed by atoms with Gasteiger partial charge in [-0.15, -0.1) is 0 Å². The van der Waals surface area contributed by atoms with Crippen LogP contribution in [-0.4, -0.2) is 38.1 Å². The Morgan fingerprint density at radius 3 is 2.56 bits per heavy atom. The van der Waals surface area contributed by atoms with Gasteiger partial charge in [0.1, 0.15) is 5.60 Å². The fourth-order valence-corrected chi connectivity index (χ4v) is 1.44. The molecule has 5 nitrogen and oxygen atoms in total. The summed E-state index contributed by atoms with van der Waals surface area (Å²) < 4.78 is 15.2. The third-order valence-electron chi connectivity index (χ3n) is 1.27. The molecule has 0 aliphatic heterocycles. The van der Waals surface area contributed by atoms with E-state index in [1.165, 1.54) is 9.21 Å². The van der Waals surface area contributed by atoms with E-state index in [-0.39, 0.29) is 0 Å². The second-order valence-electron chi connectivity index (χ2n) is 3.93. The van der Waals surface area contributed by atoms with Crippen molar-refractivity contribution in [1.82, 2.24) is 5.32 Å². The molecular weight excluding hydrogens is 345 g/mol. The first-order chi connectivity index (χ1) is 7.45. The lowest BCUT2D eigenvalue weighted by Crippen LogP contribution is -2.34. The van der Waals surface area contributed by atoms with Gasteiger partial charge in [-0.1, -0.05) is 0 Å². The molecule has 0 aliphatic carbocycles. The summed E-state index contributed by atoms with van der Waals surface area (Å²) in [6.07, 6.45) is -0.421. The third-order valence-corrected chi connectivity index (χ3v) is 2.29. The monoisotopic (exact) mass is 363 g/mol. The molecule has 0 aromatic heterocycles. The van der Waals surface area contributed by atoms with E-state index in [9.17, 15) is 4.79 Å². The molecule has 7 heteroatoms. The quantitative estimate of drug-likeness (QED) is 0.428. The second-order valence-corrected chi connectivity index (χ2v) is 5.37. The van der Waals surface area contributed by atoms with Gasteiger partial charge in [0.05, 0.1) is 29.0 Å². The van der Waals surface area contributed by atoms with E-state index in [0.717, 1.165) is 0 Å². The highest BCUT2D eigenvalue weighted by Crippen LogP contribution is 2.11. The second kappa shape index (κ2) is 9.32. The molecule has 0 heterocycles. The normalized spacial score (nSPS) is 11.2. The highest BCUT2D eigenvalue weighted by atomic mass is 127. The largest absolute Gasteiger partial charge is 0.444 e. The van der Waals surface area contributed by atoms with Gasteiger partial charge in [-0.3, -0.25) is 0 Å². The summed E-state index contributed by atoms with van der Waals surface area (Å²) in [5.41, 5.74) is -0.462. The number of amides is 1. The number of ether oxygens (including phenoxy) is 2. The Hall–Kier alpha value is 0.270. The van der Waals surface area contributed by atoms with Crippen LogP contribution in [0.5, 0.6) is 0 Å². The maximum Gasteiger partial charge on any atom is 0.407 e. The van der Waals surface area contributed by atoms with Crippen molar-refractivity contribution in [2.75, 3.05) is 26.4 Å². The first-order valence-electron chi connectivity index (χ1n) is 4.90. The zero-order chi connectivity index (χ0) is 12.4. The number of halogens is 1. The van der Waals surface area contributed by atoms with Gasteiger partial charge in [0.15, 0.2) is 0 Å². The van der Waals surface area contributed by atoms with Crippen LogP contribution in [0.3, 0.4) is 0 Å². The molecule has 0 saturated heterocycles. The van der Waals surface area contributed by atoms with Crippen molar-refractivity contribution in [2.24, 2.45) is 0 Å². The van der Waals surface area contributed by atoms with Crippen LogP contribution >= 0.6 is 30.4 Å². The smallest absolute Gasteiger partial charge is 0.407 e.